The van der Waals surface area contributed by atoms with Crippen LogP contribution in [0.1, 0.15) is 30.0 Å². The second-order valence-electron chi connectivity index (χ2n) is 7.30. The topological polar surface area (TPSA) is 57.7 Å². The molecule has 1 saturated heterocycles. The molecule has 5 rings (SSSR count). The number of hydrogen-bond donors (Lipinski definition) is 0. The number of pyridine rings is 1. The predicted octanol–water partition coefficient (Wildman–Crippen LogP) is 4.91. The zero-order valence-corrected chi connectivity index (χ0v) is 16.0. The Kier molecular flexibility index (Phi) is 4.40. The van der Waals surface area contributed by atoms with E-state index >= 15 is 0 Å². The van der Waals surface area contributed by atoms with E-state index in [0.717, 1.165) is 30.1 Å². The van der Waals surface area contributed by atoms with Crippen LogP contribution in [0.5, 0.6) is 0 Å². The van der Waals surface area contributed by atoms with E-state index in [1.807, 2.05) is 33.7 Å². The van der Waals surface area contributed by atoms with Gasteiger partial charge in [0.05, 0.1) is 17.7 Å². The molecule has 1 aliphatic rings. The number of anilines is 1. The van der Waals surface area contributed by atoms with Gasteiger partial charge < -0.3 is 4.90 Å². The van der Waals surface area contributed by atoms with Gasteiger partial charge in [0.2, 0.25) is 0 Å². The van der Waals surface area contributed by atoms with E-state index < -0.39 is 11.6 Å². The first kappa shape index (κ1) is 18.3. The highest BCUT2D eigenvalue weighted by Crippen LogP contribution is 2.37. The van der Waals surface area contributed by atoms with E-state index in [0.29, 0.717) is 29.1 Å². The largest absolute Gasteiger partial charge is 0.349 e. The molecule has 148 valence electrons. The van der Waals surface area contributed by atoms with Gasteiger partial charge in [-0.3, -0.25) is 4.57 Å². The van der Waals surface area contributed by atoms with Crippen molar-refractivity contribution in [3.05, 3.63) is 83.7 Å². The molecular weight excluding hydrogens is 384 g/mol. The molecule has 30 heavy (non-hydrogen) atoms. The molecule has 1 aliphatic heterocycles. The minimum atomic E-state index is -0.444. The van der Waals surface area contributed by atoms with Crippen LogP contribution in [-0.2, 0) is 0 Å². The molecule has 2 aromatic carbocycles. The molecule has 0 N–H and O–H groups in total. The second kappa shape index (κ2) is 7.23. The molecule has 0 aliphatic carbocycles. The van der Waals surface area contributed by atoms with E-state index in [1.54, 1.807) is 18.5 Å². The van der Waals surface area contributed by atoms with Crippen LogP contribution >= 0.6 is 0 Å². The van der Waals surface area contributed by atoms with Gasteiger partial charge >= 0.3 is 0 Å². The van der Waals surface area contributed by atoms with Crippen LogP contribution in [0, 0.1) is 23.0 Å². The van der Waals surface area contributed by atoms with E-state index in [2.05, 4.69) is 11.1 Å². The van der Waals surface area contributed by atoms with Gasteiger partial charge in [0, 0.05) is 17.8 Å². The van der Waals surface area contributed by atoms with Crippen LogP contribution in [0.25, 0.3) is 16.9 Å². The van der Waals surface area contributed by atoms with Gasteiger partial charge in [-0.25, -0.2) is 18.7 Å². The van der Waals surface area contributed by atoms with Crippen molar-refractivity contribution >= 4 is 17.0 Å². The van der Waals surface area contributed by atoms with Crippen molar-refractivity contribution in [2.24, 2.45) is 0 Å². The van der Waals surface area contributed by atoms with E-state index in [-0.39, 0.29) is 6.04 Å². The van der Waals surface area contributed by atoms with Crippen molar-refractivity contribution in [2.75, 3.05) is 11.4 Å². The summed E-state index contributed by atoms with van der Waals surface area (Å²) in [5.41, 5.74) is 3.18. The molecule has 1 atom stereocenters. The average Bonchev–Trinajstić information content (AvgIpc) is 3.42. The first-order chi connectivity index (χ1) is 14.6. The average molecular weight is 401 g/mol. The Hall–Kier alpha value is -3.79. The van der Waals surface area contributed by atoms with Crippen molar-refractivity contribution in [3.63, 3.8) is 0 Å². The van der Waals surface area contributed by atoms with Crippen LogP contribution < -0.4 is 4.90 Å². The van der Waals surface area contributed by atoms with Crippen molar-refractivity contribution in [1.82, 2.24) is 14.5 Å². The molecule has 0 saturated carbocycles. The molecule has 1 fully saturated rings. The maximum absolute atomic E-state index is 14.4. The Morgan fingerprint density at radius 2 is 1.87 bits per heavy atom. The van der Waals surface area contributed by atoms with Crippen LogP contribution in [0.2, 0.25) is 0 Å². The highest BCUT2D eigenvalue weighted by Gasteiger charge is 2.30. The van der Waals surface area contributed by atoms with Gasteiger partial charge in [-0.15, -0.1) is 0 Å². The minimum Gasteiger partial charge on any atom is -0.349 e. The number of fused-ring (bicyclic) bond motifs is 1. The molecule has 7 heteroatoms. The number of benzene rings is 2. The maximum Gasteiger partial charge on any atom is 0.166 e. The van der Waals surface area contributed by atoms with Crippen LogP contribution in [-0.4, -0.2) is 21.1 Å². The predicted molar refractivity (Wildman–Crippen MR) is 109 cm³/mol. The number of aromatic nitrogens is 3. The summed E-state index contributed by atoms with van der Waals surface area (Å²) >= 11 is 0. The lowest BCUT2D eigenvalue weighted by atomic mass is 10.0. The third-order valence-electron chi connectivity index (χ3n) is 5.52. The first-order valence-corrected chi connectivity index (χ1v) is 9.70. The van der Waals surface area contributed by atoms with Crippen LogP contribution in [0.15, 0.2) is 60.9 Å². The van der Waals surface area contributed by atoms with Crippen LogP contribution in [0.4, 0.5) is 14.6 Å². The zero-order chi connectivity index (χ0) is 20.7. The SMILES string of the molecule is N#Cc1ccc(-n2cnc3ccc(N4CCCC4c4cc(F)ccc4F)nc32)cc1. The number of rotatable bonds is 3. The fraction of sp³-hybridized carbons (Fsp3) is 0.174. The molecule has 0 radical (unpaired) electrons. The van der Waals surface area contributed by atoms with Gasteiger partial charge in [0.25, 0.3) is 0 Å². The summed E-state index contributed by atoms with van der Waals surface area (Å²) < 4.78 is 30.0. The Morgan fingerprint density at radius 1 is 1.03 bits per heavy atom. The highest BCUT2D eigenvalue weighted by molar-refractivity contribution is 5.75. The van der Waals surface area contributed by atoms with E-state index in [1.165, 1.54) is 12.1 Å². The second-order valence-corrected chi connectivity index (χ2v) is 7.30. The third kappa shape index (κ3) is 3.07. The Bertz CT molecular complexity index is 1270. The maximum atomic E-state index is 14.4. The Morgan fingerprint density at radius 3 is 2.67 bits per heavy atom. The summed E-state index contributed by atoms with van der Waals surface area (Å²) in [6.07, 6.45) is 3.29. The molecule has 0 spiro atoms. The van der Waals surface area contributed by atoms with Gasteiger partial charge in [0.1, 0.15) is 29.3 Å². The van der Waals surface area contributed by atoms with E-state index in [9.17, 15) is 8.78 Å². The number of nitrogens with zero attached hydrogens (tertiary/aromatic N) is 5. The summed E-state index contributed by atoms with van der Waals surface area (Å²) in [6, 6.07) is 16.4. The summed E-state index contributed by atoms with van der Waals surface area (Å²) in [7, 11) is 0. The summed E-state index contributed by atoms with van der Waals surface area (Å²) in [6.45, 7) is 0.712. The summed E-state index contributed by atoms with van der Waals surface area (Å²) in [4.78, 5) is 11.2. The molecule has 2 aromatic heterocycles. The Balaban J connectivity index is 1.56. The summed E-state index contributed by atoms with van der Waals surface area (Å²) in [5, 5.41) is 9.01. The van der Waals surface area contributed by atoms with Crippen molar-refractivity contribution in [3.8, 4) is 11.8 Å². The third-order valence-corrected chi connectivity index (χ3v) is 5.52. The fourth-order valence-electron chi connectivity index (χ4n) is 4.06. The monoisotopic (exact) mass is 401 g/mol. The van der Waals surface area contributed by atoms with Gasteiger partial charge in [-0.2, -0.15) is 5.26 Å². The van der Waals surface area contributed by atoms with Gasteiger partial charge in [-0.05, 0) is 67.4 Å². The van der Waals surface area contributed by atoms with Crippen molar-refractivity contribution < 1.29 is 8.78 Å². The van der Waals surface area contributed by atoms with Gasteiger partial charge in [-0.1, -0.05) is 0 Å². The van der Waals surface area contributed by atoms with Crippen LogP contribution in [0.3, 0.4) is 0 Å². The normalized spacial score (nSPS) is 16.2. The van der Waals surface area contributed by atoms with Gasteiger partial charge in [0.15, 0.2) is 5.65 Å². The molecule has 3 heterocycles. The molecule has 4 aromatic rings. The van der Waals surface area contributed by atoms with E-state index in [4.69, 9.17) is 10.2 Å². The Labute approximate surface area is 171 Å². The molecule has 0 amide bonds. The minimum absolute atomic E-state index is 0.267. The number of nitriles is 1. The molecule has 0 bridgehead atoms. The quantitative estimate of drug-likeness (QED) is 0.489. The number of hydrogen-bond acceptors (Lipinski definition) is 4. The first-order valence-electron chi connectivity index (χ1n) is 9.70. The molecule has 1 unspecified atom stereocenters. The smallest absolute Gasteiger partial charge is 0.166 e. The van der Waals surface area contributed by atoms with Crippen molar-refractivity contribution in [2.45, 2.75) is 18.9 Å². The lowest BCUT2D eigenvalue weighted by Gasteiger charge is -2.26. The molecule has 5 nitrogen and oxygen atoms in total. The summed E-state index contributed by atoms with van der Waals surface area (Å²) in [5.74, 6) is -0.151. The standard InChI is InChI=1S/C23H17F2N5/c24-16-5-8-19(25)18(12-16)21-2-1-11-29(21)22-10-9-20-23(28-22)30(14-27-20)17-6-3-15(13-26)4-7-17/h3-10,12,14,21H,1-2,11H2. The lowest BCUT2D eigenvalue weighted by molar-refractivity contribution is 0.560. The highest BCUT2D eigenvalue weighted by atomic mass is 19.1. The lowest BCUT2D eigenvalue weighted by Crippen LogP contribution is -2.24. The number of halogens is 2. The fourth-order valence-corrected chi connectivity index (χ4v) is 4.06. The number of imidazole rings is 1. The molecular formula is C23H17F2N5. The zero-order valence-electron chi connectivity index (χ0n) is 16.0. The van der Waals surface area contributed by atoms with Crippen molar-refractivity contribution in [1.29, 1.82) is 5.26 Å².